The molecule has 15 heavy (non-hydrogen) atoms. The largest absolute Gasteiger partial charge is 0.342 e. The number of nitrogens with zero attached hydrogens (tertiary/aromatic N) is 4. The van der Waals surface area contributed by atoms with Crippen molar-refractivity contribution in [3.05, 3.63) is 29.8 Å². The number of thiazole rings is 1. The predicted octanol–water partition coefficient (Wildman–Crippen LogP) is 0.685. The topological polar surface area (TPSA) is 83.2 Å². The van der Waals surface area contributed by atoms with Gasteiger partial charge in [-0.2, -0.15) is 4.98 Å². The lowest BCUT2D eigenvalue weighted by Crippen LogP contribution is -2.20. The monoisotopic (exact) mass is 218 g/mol. The van der Waals surface area contributed by atoms with E-state index >= 15 is 0 Å². The number of imidazole rings is 1. The van der Waals surface area contributed by atoms with Crippen molar-refractivity contribution in [3.63, 3.8) is 0 Å². The van der Waals surface area contributed by atoms with E-state index < -0.39 is 0 Å². The van der Waals surface area contributed by atoms with E-state index in [-0.39, 0.29) is 5.62 Å². The molecule has 0 aliphatic rings. The first-order chi connectivity index (χ1) is 7.34. The van der Waals surface area contributed by atoms with Gasteiger partial charge in [0, 0.05) is 6.20 Å². The van der Waals surface area contributed by atoms with Crippen molar-refractivity contribution in [1.82, 2.24) is 24.5 Å². The van der Waals surface area contributed by atoms with Crippen LogP contribution in [0.2, 0.25) is 0 Å². The number of H-pyrrole nitrogens is 1. The molecule has 3 heterocycles. The zero-order valence-corrected chi connectivity index (χ0v) is 8.32. The van der Waals surface area contributed by atoms with Crippen LogP contribution in [0.15, 0.2) is 24.2 Å². The van der Waals surface area contributed by atoms with Crippen molar-refractivity contribution in [2.24, 2.45) is 0 Å². The maximum atomic E-state index is 7.74. The molecular weight excluding hydrogens is 212 g/mol. The number of hydrogen-bond acceptors (Lipinski definition) is 5. The minimum Gasteiger partial charge on any atom is -0.342 e. The minimum atomic E-state index is 0.152. The second-order valence-electron chi connectivity index (χ2n) is 2.91. The van der Waals surface area contributed by atoms with E-state index in [2.05, 4.69) is 19.9 Å². The number of hydrogen-bond donors (Lipinski definition) is 2. The van der Waals surface area contributed by atoms with Gasteiger partial charge in [0.25, 0.3) is 0 Å². The first-order valence-electron chi connectivity index (χ1n) is 4.21. The standard InChI is InChI=1S/C8H6N6S/c9-8-13-7-5(11-3-12-7)2-14(8)6-1-10-4-15-6/h1-4H,(H2,9,11,12,13). The van der Waals surface area contributed by atoms with Crippen molar-refractivity contribution in [2.75, 3.05) is 0 Å². The van der Waals surface area contributed by atoms with Gasteiger partial charge in [0.05, 0.1) is 18.0 Å². The van der Waals surface area contributed by atoms with Crippen molar-refractivity contribution in [3.8, 4) is 5.00 Å². The smallest absolute Gasteiger partial charge is 0.229 e. The Bertz CT molecular complexity index is 649. The lowest BCUT2D eigenvalue weighted by molar-refractivity contribution is 0.873. The Morgan fingerprint density at radius 2 is 2.40 bits per heavy atom. The SMILES string of the molecule is N=c1nc2nc[nH]c2cn1-c1cncs1. The summed E-state index contributed by atoms with van der Waals surface area (Å²) >= 11 is 1.46. The molecule has 0 bridgehead atoms. The Morgan fingerprint density at radius 3 is 3.20 bits per heavy atom. The molecule has 0 saturated heterocycles. The average Bonchev–Trinajstić information content (AvgIpc) is 2.85. The highest BCUT2D eigenvalue weighted by atomic mass is 32.1. The molecule has 74 valence electrons. The third-order valence-corrected chi connectivity index (χ3v) is 2.77. The van der Waals surface area contributed by atoms with Crippen LogP contribution in [-0.2, 0) is 0 Å². The van der Waals surface area contributed by atoms with Crippen LogP contribution in [-0.4, -0.2) is 24.5 Å². The fraction of sp³-hybridized carbons (Fsp3) is 0. The molecule has 0 aromatic carbocycles. The first-order valence-corrected chi connectivity index (χ1v) is 5.09. The maximum Gasteiger partial charge on any atom is 0.229 e. The van der Waals surface area contributed by atoms with Gasteiger partial charge in [-0.15, -0.1) is 11.3 Å². The molecule has 0 fully saturated rings. The van der Waals surface area contributed by atoms with Crippen LogP contribution in [0.1, 0.15) is 0 Å². The third kappa shape index (κ3) is 1.24. The lowest BCUT2D eigenvalue weighted by atomic mass is 10.5. The molecule has 0 spiro atoms. The van der Waals surface area contributed by atoms with E-state index in [1.165, 1.54) is 11.3 Å². The number of nitrogens with one attached hydrogen (secondary N) is 2. The average molecular weight is 218 g/mol. The summed E-state index contributed by atoms with van der Waals surface area (Å²) in [6.07, 6.45) is 5.06. The Kier molecular flexibility index (Phi) is 1.65. The quantitative estimate of drug-likeness (QED) is 0.630. The molecule has 3 aromatic heterocycles. The van der Waals surface area contributed by atoms with Crippen LogP contribution >= 0.6 is 11.3 Å². The summed E-state index contributed by atoms with van der Waals surface area (Å²) in [4.78, 5) is 15.0. The zero-order chi connectivity index (χ0) is 10.3. The zero-order valence-electron chi connectivity index (χ0n) is 7.51. The maximum absolute atomic E-state index is 7.74. The van der Waals surface area contributed by atoms with Gasteiger partial charge in [-0.1, -0.05) is 0 Å². The summed E-state index contributed by atoms with van der Waals surface area (Å²) in [7, 11) is 0. The van der Waals surface area contributed by atoms with E-state index in [1.54, 1.807) is 28.8 Å². The van der Waals surface area contributed by atoms with Gasteiger partial charge in [-0.05, 0) is 0 Å². The van der Waals surface area contributed by atoms with Crippen molar-refractivity contribution >= 4 is 22.5 Å². The second kappa shape index (κ2) is 2.99. The third-order valence-electron chi connectivity index (χ3n) is 2.00. The summed E-state index contributed by atoms with van der Waals surface area (Å²) in [5.41, 5.74) is 3.23. The number of aromatic amines is 1. The lowest BCUT2D eigenvalue weighted by Gasteiger charge is -2.00. The number of rotatable bonds is 1. The molecule has 3 aromatic rings. The van der Waals surface area contributed by atoms with Crippen LogP contribution in [0, 0.1) is 5.41 Å². The molecule has 0 atom stereocenters. The Morgan fingerprint density at radius 1 is 1.47 bits per heavy atom. The summed E-state index contributed by atoms with van der Waals surface area (Å²) in [5.74, 6) is 0. The summed E-state index contributed by atoms with van der Waals surface area (Å²) in [5, 5.41) is 8.61. The minimum absolute atomic E-state index is 0.152. The normalized spacial score (nSPS) is 10.9. The molecule has 0 amide bonds. The molecule has 2 N–H and O–H groups in total. The van der Waals surface area contributed by atoms with E-state index in [9.17, 15) is 0 Å². The van der Waals surface area contributed by atoms with E-state index in [4.69, 9.17) is 5.41 Å². The van der Waals surface area contributed by atoms with Crippen LogP contribution < -0.4 is 5.62 Å². The highest BCUT2D eigenvalue weighted by Crippen LogP contribution is 2.11. The summed E-state index contributed by atoms with van der Waals surface area (Å²) in [6.45, 7) is 0. The van der Waals surface area contributed by atoms with Crippen LogP contribution in [0.5, 0.6) is 0 Å². The Balaban J connectivity index is 2.35. The fourth-order valence-electron chi connectivity index (χ4n) is 1.32. The second-order valence-corrected chi connectivity index (χ2v) is 3.78. The summed E-state index contributed by atoms with van der Waals surface area (Å²) < 4.78 is 1.66. The predicted molar refractivity (Wildman–Crippen MR) is 54.7 cm³/mol. The molecule has 6 nitrogen and oxygen atoms in total. The van der Waals surface area contributed by atoms with Crippen LogP contribution in [0.4, 0.5) is 0 Å². The molecule has 7 heteroatoms. The van der Waals surface area contributed by atoms with Crippen LogP contribution in [0.25, 0.3) is 16.2 Å². The number of fused-ring (bicyclic) bond motifs is 1. The van der Waals surface area contributed by atoms with Crippen molar-refractivity contribution in [1.29, 1.82) is 5.41 Å². The molecule has 0 saturated carbocycles. The molecule has 0 unspecified atom stereocenters. The van der Waals surface area contributed by atoms with Crippen molar-refractivity contribution in [2.45, 2.75) is 0 Å². The fourth-order valence-corrected chi connectivity index (χ4v) is 1.93. The van der Waals surface area contributed by atoms with Gasteiger partial charge in [-0.25, -0.2) is 4.98 Å². The Hall–Kier alpha value is -2.02. The molecule has 0 radical (unpaired) electrons. The highest BCUT2D eigenvalue weighted by molar-refractivity contribution is 7.12. The molecule has 3 rings (SSSR count). The summed E-state index contributed by atoms with van der Waals surface area (Å²) in [6, 6.07) is 0. The van der Waals surface area contributed by atoms with E-state index in [0.29, 0.717) is 5.65 Å². The van der Waals surface area contributed by atoms with Gasteiger partial charge in [-0.3, -0.25) is 15.0 Å². The Labute approximate surface area is 87.8 Å². The first kappa shape index (κ1) is 8.30. The van der Waals surface area contributed by atoms with E-state index in [1.807, 2.05) is 0 Å². The molecular formula is C8H6N6S. The van der Waals surface area contributed by atoms with Gasteiger partial charge in [0.2, 0.25) is 5.62 Å². The van der Waals surface area contributed by atoms with Gasteiger partial charge >= 0.3 is 0 Å². The van der Waals surface area contributed by atoms with Gasteiger partial charge in [0.1, 0.15) is 10.5 Å². The van der Waals surface area contributed by atoms with Crippen LogP contribution in [0.3, 0.4) is 0 Å². The van der Waals surface area contributed by atoms with Crippen molar-refractivity contribution < 1.29 is 0 Å². The van der Waals surface area contributed by atoms with E-state index in [0.717, 1.165) is 10.5 Å². The van der Waals surface area contributed by atoms with Gasteiger partial charge < -0.3 is 4.98 Å². The molecule has 0 aliphatic heterocycles. The number of aromatic nitrogens is 5. The highest BCUT2D eigenvalue weighted by Gasteiger charge is 2.03. The molecule has 0 aliphatic carbocycles. The van der Waals surface area contributed by atoms with Gasteiger partial charge in [0.15, 0.2) is 5.65 Å².